The van der Waals surface area contributed by atoms with Gasteiger partial charge >= 0.3 is 0 Å². The Morgan fingerprint density at radius 1 is 0.500 bits per heavy atom. The van der Waals surface area contributed by atoms with E-state index in [0.29, 0.717) is 38.5 Å². The molecular formula is C48H62N4O6S2. The SMILES string of the molecule is CNC(=O)C(Cc1ccc(OC)cc1)NC(=O)C(Cc1ccccc1SSc1ccccc1CC(CC(C)C)C(=O)NC(Cc1ccc(OC)cc1)C(=O)NC)CC(C)C. The van der Waals surface area contributed by atoms with Gasteiger partial charge in [-0.3, -0.25) is 19.2 Å². The molecule has 0 bridgehead atoms. The van der Waals surface area contributed by atoms with Crippen LogP contribution in [0.4, 0.5) is 0 Å². The normalized spacial score (nSPS) is 13.2. The Kier molecular flexibility index (Phi) is 19.4. The van der Waals surface area contributed by atoms with Crippen molar-refractivity contribution in [3.63, 3.8) is 0 Å². The number of carbonyl (C=O) groups is 4. The first kappa shape index (κ1) is 47.7. The van der Waals surface area contributed by atoms with E-state index in [4.69, 9.17) is 9.47 Å². The molecule has 4 aromatic carbocycles. The van der Waals surface area contributed by atoms with Gasteiger partial charge in [-0.25, -0.2) is 0 Å². The van der Waals surface area contributed by atoms with Crippen LogP contribution in [0.25, 0.3) is 0 Å². The molecule has 60 heavy (non-hydrogen) atoms. The Balaban J connectivity index is 1.49. The maximum absolute atomic E-state index is 14.0. The van der Waals surface area contributed by atoms with Gasteiger partial charge in [0.1, 0.15) is 23.6 Å². The van der Waals surface area contributed by atoms with Crippen LogP contribution >= 0.6 is 21.6 Å². The summed E-state index contributed by atoms with van der Waals surface area (Å²) in [6.45, 7) is 8.42. The van der Waals surface area contributed by atoms with E-state index in [0.717, 1.165) is 43.5 Å². The number of methoxy groups -OCH3 is 2. The lowest BCUT2D eigenvalue weighted by atomic mass is 9.89. The first-order valence-corrected chi connectivity index (χ1v) is 22.8. The summed E-state index contributed by atoms with van der Waals surface area (Å²) in [5, 5.41) is 11.6. The second kappa shape index (κ2) is 24.3. The quantitative estimate of drug-likeness (QED) is 0.0555. The monoisotopic (exact) mass is 854 g/mol. The molecule has 0 heterocycles. The van der Waals surface area contributed by atoms with Crippen molar-refractivity contribution in [2.45, 2.75) is 88.1 Å². The number of benzene rings is 4. The van der Waals surface area contributed by atoms with E-state index in [2.05, 4.69) is 73.2 Å². The summed E-state index contributed by atoms with van der Waals surface area (Å²) in [5.41, 5.74) is 3.93. The molecule has 0 aliphatic carbocycles. The van der Waals surface area contributed by atoms with Crippen molar-refractivity contribution in [1.82, 2.24) is 21.3 Å². The number of carbonyl (C=O) groups excluding carboxylic acids is 4. The van der Waals surface area contributed by atoms with Crippen LogP contribution in [0.15, 0.2) is 107 Å². The van der Waals surface area contributed by atoms with Crippen molar-refractivity contribution in [3.05, 3.63) is 119 Å². The largest absolute Gasteiger partial charge is 0.497 e. The summed E-state index contributed by atoms with van der Waals surface area (Å²) in [5.74, 6) is 0.448. The Morgan fingerprint density at radius 3 is 1.17 bits per heavy atom. The molecule has 0 aromatic heterocycles. The summed E-state index contributed by atoms with van der Waals surface area (Å²) in [6, 6.07) is 29.9. The van der Waals surface area contributed by atoms with E-state index >= 15 is 0 Å². The third kappa shape index (κ3) is 15.0. The van der Waals surface area contributed by atoms with Crippen LogP contribution in [-0.4, -0.2) is 64.0 Å². The van der Waals surface area contributed by atoms with Gasteiger partial charge in [0, 0.05) is 48.6 Å². The van der Waals surface area contributed by atoms with Crippen LogP contribution in [0.5, 0.6) is 11.5 Å². The fraction of sp³-hybridized carbons (Fsp3) is 0.417. The first-order chi connectivity index (χ1) is 28.8. The van der Waals surface area contributed by atoms with Crippen LogP contribution in [-0.2, 0) is 44.9 Å². The summed E-state index contributed by atoms with van der Waals surface area (Å²) < 4.78 is 10.6. The average Bonchev–Trinajstić information content (AvgIpc) is 3.25. The third-order valence-electron chi connectivity index (χ3n) is 10.3. The van der Waals surface area contributed by atoms with E-state index in [1.165, 1.54) is 0 Å². The second-order valence-electron chi connectivity index (χ2n) is 15.9. The van der Waals surface area contributed by atoms with Crippen molar-refractivity contribution in [2.24, 2.45) is 23.7 Å². The molecule has 0 aliphatic rings. The number of hydrogen-bond acceptors (Lipinski definition) is 8. The highest BCUT2D eigenvalue weighted by atomic mass is 33.1. The lowest BCUT2D eigenvalue weighted by Crippen LogP contribution is -2.49. The minimum Gasteiger partial charge on any atom is -0.497 e. The first-order valence-electron chi connectivity index (χ1n) is 20.6. The topological polar surface area (TPSA) is 135 Å². The molecule has 0 radical (unpaired) electrons. The van der Waals surface area contributed by atoms with E-state index in [1.807, 2.05) is 72.8 Å². The maximum Gasteiger partial charge on any atom is 0.242 e. The van der Waals surface area contributed by atoms with Gasteiger partial charge in [-0.05, 0) is 96.2 Å². The fourth-order valence-electron chi connectivity index (χ4n) is 7.17. The second-order valence-corrected chi connectivity index (χ2v) is 18.1. The summed E-state index contributed by atoms with van der Waals surface area (Å²) in [4.78, 5) is 56.2. The molecule has 4 aromatic rings. The standard InChI is InChI=1S/C48H62N4O6S2/c1-31(2)25-37(45(53)51-41(47(55)49-5)27-33-17-21-39(57-7)22-18-33)29-35-13-9-11-15-43(35)59-60-44-16-12-10-14-36(44)30-38(26-32(3)4)46(54)52-42(48(56)50-6)28-34-19-23-40(58-8)24-20-34/h9-24,31-32,37-38,41-42H,25-30H2,1-8H3,(H,49,55)(H,50,56)(H,51,53)(H,52,54). The molecular weight excluding hydrogens is 793 g/mol. The number of amides is 4. The number of likely N-dealkylation sites (N-methyl/N-ethyl adjacent to an activating group) is 2. The Morgan fingerprint density at radius 2 is 0.850 bits per heavy atom. The minimum absolute atomic E-state index is 0.152. The highest BCUT2D eigenvalue weighted by Gasteiger charge is 2.29. The Labute approximate surface area is 364 Å². The number of ether oxygens (including phenoxy) is 2. The average molecular weight is 855 g/mol. The van der Waals surface area contributed by atoms with Crippen molar-refractivity contribution >= 4 is 45.2 Å². The predicted molar refractivity (Wildman–Crippen MR) is 243 cm³/mol. The molecule has 0 spiro atoms. The van der Waals surface area contributed by atoms with E-state index < -0.39 is 12.1 Å². The van der Waals surface area contributed by atoms with E-state index in [1.54, 1.807) is 49.9 Å². The predicted octanol–water partition coefficient (Wildman–Crippen LogP) is 7.86. The smallest absolute Gasteiger partial charge is 0.242 e. The van der Waals surface area contributed by atoms with Crippen LogP contribution in [0.2, 0.25) is 0 Å². The molecule has 0 fully saturated rings. The van der Waals surface area contributed by atoms with Crippen LogP contribution in [0.1, 0.15) is 62.8 Å². The molecule has 0 saturated carbocycles. The van der Waals surface area contributed by atoms with Crippen molar-refractivity contribution in [2.75, 3.05) is 28.3 Å². The van der Waals surface area contributed by atoms with Gasteiger partial charge in [0.15, 0.2) is 0 Å². The van der Waals surface area contributed by atoms with Crippen molar-refractivity contribution < 1.29 is 28.7 Å². The highest BCUT2D eigenvalue weighted by molar-refractivity contribution is 8.76. The Hall–Kier alpha value is -4.94. The van der Waals surface area contributed by atoms with Crippen molar-refractivity contribution in [3.8, 4) is 11.5 Å². The number of nitrogens with one attached hydrogen (secondary N) is 4. The van der Waals surface area contributed by atoms with Crippen LogP contribution < -0.4 is 30.7 Å². The molecule has 0 aliphatic heterocycles. The Bertz CT molecular complexity index is 1850. The van der Waals surface area contributed by atoms with E-state index in [9.17, 15) is 19.2 Å². The van der Waals surface area contributed by atoms with Crippen molar-refractivity contribution in [1.29, 1.82) is 0 Å². The van der Waals surface area contributed by atoms with Crippen LogP contribution in [0.3, 0.4) is 0 Å². The lowest BCUT2D eigenvalue weighted by molar-refractivity contribution is -0.131. The summed E-state index contributed by atoms with van der Waals surface area (Å²) in [6.07, 6.45) is 3.04. The van der Waals surface area contributed by atoms with Gasteiger partial charge in [-0.15, -0.1) is 0 Å². The van der Waals surface area contributed by atoms with Gasteiger partial charge in [0.2, 0.25) is 23.6 Å². The van der Waals surface area contributed by atoms with Crippen LogP contribution in [0, 0.1) is 23.7 Å². The molecule has 4 N–H and O–H groups in total. The van der Waals surface area contributed by atoms with Gasteiger partial charge < -0.3 is 30.7 Å². The molecule has 4 amide bonds. The number of hydrogen-bond donors (Lipinski definition) is 4. The molecule has 4 rings (SSSR count). The summed E-state index contributed by atoms with van der Waals surface area (Å²) >= 11 is 0. The van der Waals surface area contributed by atoms with Gasteiger partial charge in [0.25, 0.3) is 0 Å². The fourth-order valence-corrected chi connectivity index (χ4v) is 9.65. The lowest BCUT2D eigenvalue weighted by Gasteiger charge is -2.24. The zero-order valence-corrected chi connectivity index (χ0v) is 37.8. The maximum atomic E-state index is 14.0. The summed E-state index contributed by atoms with van der Waals surface area (Å²) in [7, 11) is 9.65. The molecule has 10 nitrogen and oxygen atoms in total. The molecule has 4 atom stereocenters. The zero-order valence-electron chi connectivity index (χ0n) is 36.2. The molecule has 4 unspecified atom stereocenters. The van der Waals surface area contributed by atoms with Gasteiger partial charge in [-0.2, -0.15) is 0 Å². The molecule has 322 valence electrons. The molecule has 0 saturated heterocycles. The zero-order chi connectivity index (χ0) is 43.6. The minimum atomic E-state index is -0.730. The third-order valence-corrected chi connectivity index (χ3v) is 12.9. The highest BCUT2D eigenvalue weighted by Crippen LogP contribution is 2.42. The van der Waals surface area contributed by atoms with E-state index in [-0.39, 0.29) is 47.3 Å². The van der Waals surface area contributed by atoms with Gasteiger partial charge in [-0.1, -0.05) is 110 Å². The molecule has 12 heteroatoms. The van der Waals surface area contributed by atoms with Gasteiger partial charge in [0.05, 0.1) is 14.2 Å². The number of rotatable bonds is 23.